The maximum atomic E-state index is 10.8. The highest BCUT2D eigenvalue weighted by molar-refractivity contribution is 9.10. The minimum atomic E-state index is -0.891. The van der Waals surface area contributed by atoms with E-state index in [4.69, 9.17) is 5.11 Å². The Morgan fingerprint density at radius 1 is 1.10 bits per heavy atom. The second-order valence-electron chi connectivity index (χ2n) is 4.77. The largest absolute Gasteiger partial charge is 0.478 e. The Labute approximate surface area is 127 Å². The summed E-state index contributed by atoms with van der Waals surface area (Å²) in [6, 6.07) is 15.2. The summed E-state index contributed by atoms with van der Waals surface area (Å²) in [5.74, 6) is -0.891. The molecule has 1 N–H and O–H groups in total. The Kier molecular flexibility index (Phi) is 4.93. The zero-order valence-corrected chi connectivity index (χ0v) is 12.8. The maximum absolute atomic E-state index is 10.8. The van der Waals surface area contributed by atoms with E-state index in [-0.39, 0.29) is 0 Å². The molecule has 0 aromatic heterocycles. The first-order valence-corrected chi connectivity index (χ1v) is 7.10. The van der Waals surface area contributed by atoms with E-state index in [1.165, 1.54) is 5.56 Å². The molecule has 0 saturated carbocycles. The predicted octanol–water partition coefficient (Wildman–Crippen LogP) is 3.78. The van der Waals surface area contributed by atoms with Crippen molar-refractivity contribution in [1.82, 2.24) is 4.90 Å². The van der Waals surface area contributed by atoms with E-state index in [0.717, 1.165) is 23.1 Å². The van der Waals surface area contributed by atoms with Crippen molar-refractivity contribution in [3.8, 4) is 0 Å². The van der Waals surface area contributed by atoms with Gasteiger partial charge in [-0.15, -0.1) is 0 Å². The van der Waals surface area contributed by atoms with Crippen molar-refractivity contribution < 1.29 is 9.90 Å². The Balaban J connectivity index is 1.99. The highest BCUT2D eigenvalue weighted by Crippen LogP contribution is 2.18. The van der Waals surface area contributed by atoms with Crippen molar-refractivity contribution >= 4 is 21.9 Å². The molecule has 0 heterocycles. The first-order valence-electron chi connectivity index (χ1n) is 6.30. The summed E-state index contributed by atoms with van der Waals surface area (Å²) < 4.78 is 1.10. The number of rotatable bonds is 5. The molecule has 3 nitrogen and oxygen atoms in total. The van der Waals surface area contributed by atoms with Crippen LogP contribution in [0.3, 0.4) is 0 Å². The molecule has 2 rings (SSSR count). The highest BCUT2D eigenvalue weighted by atomic mass is 79.9. The monoisotopic (exact) mass is 333 g/mol. The number of carbonyl (C=O) groups is 1. The standard InChI is InChI=1S/C16H16BrNO2/c1-18(11-14-4-2-3-5-15(14)17)10-12-6-8-13(9-7-12)16(19)20/h2-9H,10-11H2,1H3,(H,19,20). The quantitative estimate of drug-likeness (QED) is 0.905. The lowest BCUT2D eigenvalue weighted by Gasteiger charge is -2.17. The minimum Gasteiger partial charge on any atom is -0.478 e. The summed E-state index contributed by atoms with van der Waals surface area (Å²) in [6.45, 7) is 1.61. The molecule has 0 saturated heterocycles. The van der Waals surface area contributed by atoms with E-state index in [2.05, 4.69) is 26.9 Å². The maximum Gasteiger partial charge on any atom is 0.335 e. The minimum absolute atomic E-state index is 0.321. The van der Waals surface area contributed by atoms with Gasteiger partial charge < -0.3 is 5.11 Å². The number of hydrogen-bond acceptors (Lipinski definition) is 2. The molecule has 0 fully saturated rings. The zero-order valence-electron chi connectivity index (χ0n) is 11.2. The van der Waals surface area contributed by atoms with Crippen LogP contribution >= 0.6 is 15.9 Å². The van der Waals surface area contributed by atoms with E-state index in [1.807, 2.05) is 37.4 Å². The second kappa shape index (κ2) is 6.68. The third kappa shape index (κ3) is 3.92. The van der Waals surface area contributed by atoms with Crippen LogP contribution in [0.25, 0.3) is 0 Å². The molecule has 4 heteroatoms. The number of benzene rings is 2. The molecule has 20 heavy (non-hydrogen) atoms. The van der Waals surface area contributed by atoms with Crippen molar-refractivity contribution in [2.45, 2.75) is 13.1 Å². The van der Waals surface area contributed by atoms with Crippen LogP contribution in [0.15, 0.2) is 53.0 Å². The van der Waals surface area contributed by atoms with Gasteiger partial charge in [0.2, 0.25) is 0 Å². The van der Waals surface area contributed by atoms with Crippen LogP contribution in [-0.2, 0) is 13.1 Å². The van der Waals surface area contributed by atoms with Gasteiger partial charge in [0.1, 0.15) is 0 Å². The first kappa shape index (κ1) is 14.8. The summed E-state index contributed by atoms with van der Waals surface area (Å²) in [5.41, 5.74) is 2.66. The van der Waals surface area contributed by atoms with Gasteiger partial charge in [-0.1, -0.05) is 46.3 Å². The average Bonchev–Trinajstić information content (AvgIpc) is 2.42. The van der Waals surface area contributed by atoms with Crippen molar-refractivity contribution in [2.24, 2.45) is 0 Å². The van der Waals surface area contributed by atoms with Gasteiger partial charge in [0.25, 0.3) is 0 Å². The van der Waals surface area contributed by atoms with Crippen molar-refractivity contribution in [3.05, 3.63) is 69.7 Å². The summed E-state index contributed by atoms with van der Waals surface area (Å²) in [4.78, 5) is 13.0. The SMILES string of the molecule is CN(Cc1ccc(C(=O)O)cc1)Cc1ccccc1Br. The predicted molar refractivity (Wildman–Crippen MR) is 82.7 cm³/mol. The van der Waals surface area contributed by atoms with Crippen LogP contribution in [0.1, 0.15) is 21.5 Å². The molecule has 0 atom stereocenters. The third-order valence-corrected chi connectivity index (χ3v) is 3.83. The van der Waals surface area contributed by atoms with E-state index >= 15 is 0 Å². The Morgan fingerprint density at radius 3 is 2.35 bits per heavy atom. The number of carboxylic acid groups (broad SMARTS) is 1. The second-order valence-corrected chi connectivity index (χ2v) is 5.62. The molecule has 0 aliphatic carbocycles. The molecule has 2 aromatic carbocycles. The molecule has 0 radical (unpaired) electrons. The van der Waals surface area contributed by atoms with Gasteiger partial charge in [-0.25, -0.2) is 4.79 Å². The molecule has 0 amide bonds. The summed E-state index contributed by atoms with van der Waals surface area (Å²) in [7, 11) is 2.05. The van der Waals surface area contributed by atoms with Crippen molar-refractivity contribution in [2.75, 3.05) is 7.05 Å². The first-order chi connectivity index (χ1) is 9.56. The lowest BCUT2D eigenvalue weighted by Crippen LogP contribution is -2.17. The number of halogens is 1. The normalized spacial score (nSPS) is 10.8. The topological polar surface area (TPSA) is 40.5 Å². The number of hydrogen-bond donors (Lipinski definition) is 1. The van der Waals surface area contributed by atoms with Crippen LogP contribution in [0.2, 0.25) is 0 Å². The summed E-state index contributed by atoms with van der Waals surface area (Å²) in [5, 5.41) is 8.87. The third-order valence-electron chi connectivity index (χ3n) is 3.05. The molecule has 0 spiro atoms. The molecule has 2 aromatic rings. The van der Waals surface area contributed by atoms with Crippen molar-refractivity contribution in [1.29, 1.82) is 0 Å². The van der Waals surface area contributed by atoms with Gasteiger partial charge in [0.15, 0.2) is 0 Å². The van der Waals surface area contributed by atoms with Gasteiger partial charge >= 0.3 is 5.97 Å². The lowest BCUT2D eigenvalue weighted by molar-refractivity contribution is 0.0697. The fourth-order valence-corrected chi connectivity index (χ4v) is 2.45. The van der Waals surface area contributed by atoms with Gasteiger partial charge in [-0.2, -0.15) is 0 Å². The lowest BCUT2D eigenvalue weighted by atomic mass is 10.1. The summed E-state index contributed by atoms with van der Waals surface area (Å²) >= 11 is 3.54. The molecular formula is C16H16BrNO2. The van der Waals surface area contributed by atoms with Gasteiger partial charge in [-0.3, -0.25) is 4.90 Å². The Bertz CT molecular complexity index is 596. The zero-order chi connectivity index (χ0) is 14.5. The fourth-order valence-electron chi connectivity index (χ4n) is 2.04. The highest BCUT2D eigenvalue weighted by Gasteiger charge is 2.06. The summed E-state index contributed by atoms with van der Waals surface area (Å²) in [6.07, 6.45) is 0. The van der Waals surface area contributed by atoms with Crippen molar-refractivity contribution in [3.63, 3.8) is 0 Å². The van der Waals surface area contributed by atoms with Crippen LogP contribution < -0.4 is 0 Å². The molecular weight excluding hydrogens is 318 g/mol. The molecule has 0 aliphatic heterocycles. The fraction of sp³-hybridized carbons (Fsp3) is 0.188. The van der Waals surface area contributed by atoms with Crippen LogP contribution in [0.4, 0.5) is 0 Å². The smallest absolute Gasteiger partial charge is 0.335 e. The van der Waals surface area contributed by atoms with E-state index in [9.17, 15) is 4.79 Å². The Morgan fingerprint density at radius 2 is 1.75 bits per heavy atom. The van der Waals surface area contributed by atoms with E-state index < -0.39 is 5.97 Å². The van der Waals surface area contributed by atoms with Gasteiger partial charge in [-0.05, 0) is 36.4 Å². The van der Waals surface area contributed by atoms with E-state index in [0.29, 0.717) is 5.56 Å². The number of nitrogens with zero attached hydrogens (tertiary/aromatic N) is 1. The molecule has 0 unspecified atom stereocenters. The Hall–Kier alpha value is -1.65. The average molecular weight is 334 g/mol. The van der Waals surface area contributed by atoms with E-state index in [1.54, 1.807) is 12.1 Å². The molecule has 104 valence electrons. The number of aromatic carboxylic acids is 1. The molecule has 0 bridgehead atoms. The van der Waals surface area contributed by atoms with Crippen LogP contribution in [0, 0.1) is 0 Å². The molecule has 0 aliphatic rings. The van der Waals surface area contributed by atoms with Crippen LogP contribution in [0.5, 0.6) is 0 Å². The number of carboxylic acids is 1. The van der Waals surface area contributed by atoms with Gasteiger partial charge in [0, 0.05) is 17.6 Å². The van der Waals surface area contributed by atoms with Gasteiger partial charge in [0.05, 0.1) is 5.56 Å². The van der Waals surface area contributed by atoms with Crippen LogP contribution in [-0.4, -0.2) is 23.0 Å².